The fraction of sp³-hybridized carbons (Fsp3) is 0.909. The van der Waals surface area contributed by atoms with Crippen LogP contribution in [0.15, 0.2) is 4.99 Å². The lowest BCUT2D eigenvalue weighted by molar-refractivity contribution is -0.782. The second kappa shape index (κ2) is 8.11. The quantitative estimate of drug-likeness (QED) is 0.231. The Kier molecular flexibility index (Phi) is 8.45. The van der Waals surface area contributed by atoms with E-state index in [9.17, 15) is 48.5 Å². The van der Waals surface area contributed by atoms with Crippen LogP contribution in [0.1, 0.15) is 0 Å². The van der Waals surface area contributed by atoms with Gasteiger partial charge in [-0.2, -0.15) is 43.9 Å². The summed E-state index contributed by atoms with van der Waals surface area (Å²) in [7, 11) is 3.87. The summed E-state index contributed by atoms with van der Waals surface area (Å²) in [6.07, 6.45) is -14.0. The average Bonchev–Trinajstić information content (AvgIpc) is 2.34. The van der Waals surface area contributed by atoms with Gasteiger partial charge >= 0.3 is 31.0 Å². The number of hydrogen-bond donors (Lipinski definition) is 1. The number of nitrogens with zero attached hydrogens (tertiary/aromatic N) is 3. The molecule has 0 rings (SSSR count). The number of aliphatic imine (C=N–C) groups is 1. The SMILES string of the molecule is CN=C(N(C)C)[N+](C)(C)C.O=P(O)(C(F)(F)C(F)(F)F)C(F)(F)C(F)(F)F. The first-order chi connectivity index (χ1) is 11.4. The minimum Gasteiger partial charge on any atom is -0.336 e. The lowest BCUT2D eigenvalue weighted by Crippen LogP contribution is -2.48. The van der Waals surface area contributed by atoms with Crippen molar-refractivity contribution in [2.45, 2.75) is 23.7 Å². The molecule has 0 aliphatic heterocycles. The van der Waals surface area contributed by atoms with E-state index in [2.05, 4.69) is 26.1 Å². The number of halogens is 10. The number of quaternary nitrogens is 1. The van der Waals surface area contributed by atoms with Gasteiger partial charge in [-0.1, -0.05) is 0 Å². The van der Waals surface area contributed by atoms with Crippen LogP contribution in [0.5, 0.6) is 0 Å². The number of guanidine groups is 1. The molecule has 164 valence electrons. The Morgan fingerprint density at radius 2 is 1.11 bits per heavy atom. The fourth-order valence-corrected chi connectivity index (χ4v) is 2.66. The molecule has 0 aliphatic rings. The Balaban J connectivity index is 0. The van der Waals surface area contributed by atoms with Gasteiger partial charge in [0.2, 0.25) is 0 Å². The molecule has 0 saturated carbocycles. The van der Waals surface area contributed by atoms with Gasteiger partial charge in [0.15, 0.2) is 0 Å². The molecule has 0 aromatic rings. The molecule has 16 heteroatoms. The van der Waals surface area contributed by atoms with Gasteiger partial charge < -0.3 is 9.79 Å². The van der Waals surface area contributed by atoms with Gasteiger partial charge in [-0.25, -0.2) is 4.99 Å². The normalized spacial score (nSPS) is 15.2. The van der Waals surface area contributed by atoms with Gasteiger partial charge in [-0.15, -0.1) is 0 Å². The molecule has 0 saturated heterocycles. The first kappa shape index (κ1) is 28.1. The van der Waals surface area contributed by atoms with E-state index >= 15 is 0 Å². The van der Waals surface area contributed by atoms with E-state index in [1.54, 1.807) is 0 Å². The van der Waals surface area contributed by atoms with Gasteiger partial charge in [-0.05, 0) is 0 Å². The minimum atomic E-state index is -8.26. The molecule has 5 nitrogen and oxygen atoms in total. The summed E-state index contributed by atoms with van der Waals surface area (Å²) in [6, 6.07) is 0. The fourth-order valence-electron chi connectivity index (χ4n) is 1.62. The van der Waals surface area contributed by atoms with E-state index in [1.165, 1.54) is 0 Å². The van der Waals surface area contributed by atoms with Crippen molar-refractivity contribution in [3.05, 3.63) is 0 Å². The van der Waals surface area contributed by atoms with Gasteiger partial charge in [0.25, 0.3) is 5.96 Å². The lowest BCUT2D eigenvalue weighted by atomic mass is 10.6. The third kappa shape index (κ3) is 5.95. The zero-order valence-corrected chi connectivity index (χ0v) is 15.8. The standard InChI is InChI=1S/C7H18N3.C4HF10O2P/c1-8-7(9(2)3)10(4,5)6;5-1(6,7)3(11,12)17(15,16)4(13,14)2(8,9)10/h1-6H3;(H,15,16)/q+1;. The van der Waals surface area contributed by atoms with Crippen LogP contribution in [0.25, 0.3) is 0 Å². The van der Waals surface area contributed by atoms with Crippen LogP contribution in [-0.2, 0) is 4.57 Å². The second-order valence-corrected chi connectivity index (χ2v) is 8.36. The molecule has 0 amide bonds. The summed E-state index contributed by atoms with van der Waals surface area (Å²) < 4.78 is 128. The first-order valence-corrected chi connectivity index (χ1v) is 8.23. The number of alkyl halides is 10. The molecule has 0 atom stereocenters. The molecule has 0 aromatic heterocycles. The average molecular weight is 446 g/mol. The van der Waals surface area contributed by atoms with Crippen molar-refractivity contribution in [3.63, 3.8) is 0 Å². The smallest absolute Gasteiger partial charge is 0.336 e. The summed E-state index contributed by atoms with van der Waals surface area (Å²) in [6.45, 7) is 0. The molecule has 27 heavy (non-hydrogen) atoms. The summed E-state index contributed by atoms with van der Waals surface area (Å²) in [5.74, 6) is 1.07. The highest BCUT2D eigenvalue weighted by Crippen LogP contribution is 2.74. The minimum absolute atomic E-state index is 0.767. The van der Waals surface area contributed by atoms with E-state index in [0.717, 1.165) is 10.4 Å². The number of hydrogen-bond acceptors (Lipinski definition) is 2. The van der Waals surface area contributed by atoms with Crippen LogP contribution in [-0.4, -0.2) is 86.2 Å². The van der Waals surface area contributed by atoms with Gasteiger partial charge in [-0.3, -0.25) is 9.05 Å². The molecule has 0 bridgehead atoms. The molecule has 1 N–H and O–H groups in total. The maximum absolute atomic E-state index is 12.1. The third-order valence-corrected chi connectivity index (χ3v) is 4.67. The highest BCUT2D eigenvalue weighted by Gasteiger charge is 2.83. The molecular weight excluding hydrogens is 427 g/mol. The largest absolute Gasteiger partial charge is 0.463 e. The van der Waals surface area contributed by atoms with Crippen LogP contribution < -0.4 is 0 Å². The van der Waals surface area contributed by atoms with E-state index in [-0.39, 0.29) is 0 Å². The molecule has 0 unspecified atom stereocenters. The summed E-state index contributed by atoms with van der Waals surface area (Å²) >= 11 is 0. The molecular formula is C11H19F10N3O2P+. The number of rotatable bonds is 2. The monoisotopic (exact) mass is 446 g/mol. The highest BCUT2D eigenvalue weighted by atomic mass is 31.2. The summed E-state index contributed by atoms with van der Waals surface area (Å²) in [4.78, 5) is 14.1. The topological polar surface area (TPSA) is 52.9 Å². The van der Waals surface area contributed by atoms with Crippen molar-refractivity contribution in [2.75, 3.05) is 42.3 Å². The van der Waals surface area contributed by atoms with E-state index < -0.39 is 31.0 Å². The molecule has 0 fully saturated rings. The van der Waals surface area contributed by atoms with E-state index in [0.29, 0.717) is 0 Å². The second-order valence-electron chi connectivity index (χ2n) is 6.08. The van der Waals surface area contributed by atoms with Crippen LogP contribution in [0.3, 0.4) is 0 Å². The Labute approximate surface area is 148 Å². The van der Waals surface area contributed by atoms with Crippen LogP contribution in [0.2, 0.25) is 0 Å². The highest BCUT2D eigenvalue weighted by molar-refractivity contribution is 7.60. The molecule has 0 aromatic carbocycles. The van der Waals surface area contributed by atoms with Crippen molar-refractivity contribution in [1.29, 1.82) is 0 Å². The van der Waals surface area contributed by atoms with Gasteiger partial charge in [0.05, 0.1) is 21.1 Å². The van der Waals surface area contributed by atoms with Crippen molar-refractivity contribution in [1.82, 2.24) is 4.90 Å². The predicted molar refractivity (Wildman–Crippen MR) is 76.9 cm³/mol. The van der Waals surface area contributed by atoms with E-state index in [4.69, 9.17) is 4.89 Å². The van der Waals surface area contributed by atoms with Crippen molar-refractivity contribution < 1.29 is 57.8 Å². The summed E-state index contributed by atoms with van der Waals surface area (Å²) in [5.41, 5.74) is -14.2. The molecule has 0 spiro atoms. The van der Waals surface area contributed by atoms with Crippen molar-refractivity contribution in [3.8, 4) is 0 Å². The first-order valence-electron chi connectivity index (χ1n) is 6.57. The molecule has 0 radical (unpaired) electrons. The van der Waals surface area contributed by atoms with Crippen LogP contribution in [0.4, 0.5) is 43.9 Å². The Hall–Kier alpha value is -1.08. The third-order valence-electron chi connectivity index (χ3n) is 2.64. The zero-order valence-electron chi connectivity index (χ0n) is 14.9. The van der Waals surface area contributed by atoms with Crippen LogP contribution in [0, 0.1) is 0 Å². The maximum atomic E-state index is 12.1. The summed E-state index contributed by atoms with van der Waals surface area (Å²) in [5, 5.41) is 0. The maximum Gasteiger partial charge on any atom is 0.463 e. The Morgan fingerprint density at radius 3 is 1.19 bits per heavy atom. The Morgan fingerprint density at radius 1 is 0.852 bits per heavy atom. The molecule has 0 aliphatic carbocycles. The van der Waals surface area contributed by atoms with Gasteiger partial charge in [0.1, 0.15) is 0 Å². The Bertz CT molecular complexity index is 548. The van der Waals surface area contributed by atoms with Crippen molar-refractivity contribution in [2.24, 2.45) is 4.99 Å². The zero-order chi connectivity index (χ0) is 22.9. The van der Waals surface area contributed by atoms with Crippen LogP contribution >= 0.6 is 7.37 Å². The lowest BCUT2D eigenvalue weighted by Gasteiger charge is -2.30. The molecule has 0 heterocycles. The van der Waals surface area contributed by atoms with E-state index in [1.807, 2.05) is 26.0 Å². The predicted octanol–water partition coefficient (Wildman–Crippen LogP) is 3.81. The van der Waals surface area contributed by atoms with Gasteiger partial charge in [0, 0.05) is 21.1 Å². The van der Waals surface area contributed by atoms with Crippen molar-refractivity contribution >= 4 is 13.3 Å².